The summed E-state index contributed by atoms with van der Waals surface area (Å²) >= 11 is 0. The molecule has 4 nitrogen and oxygen atoms in total. The molecule has 1 heterocycles. The van der Waals surface area contributed by atoms with E-state index in [0.717, 1.165) is 10.8 Å². The minimum absolute atomic E-state index is 0.648. The number of nitrogens with two attached hydrogens (primary N) is 1. The minimum atomic E-state index is -0.792. The van der Waals surface area contributed by atoms with Crippen molar-refractivity contribution in [2.24, 2.45) is 0 Å². The Balaban J connectivity index is 2.32. The fourth-order valence-corrected chi connectivity index (χ4v) is 2.29. The van der Waals surface area contributed by atoms with Crippen molar-refractivity contribution in [3.63, 3.8) is 0 Å². The molecule has 1 saturated carbocycles. The van der Waals surface area contributed by atoms with E-state index in [1.165, 1.54) is 0 Å². The van der Waals surface area contributed by atoms with E-state index >= 15 is 0 Å². The van der Waals surface area contributed by atoms with E-state index in [4.69, 9.17) is 5.73 Å². The van der Waals surface area contributed by atoms with Gasteiger partial charge >= 0.3 is 5.97 Å². The smallest absolute Gasteiger partial charge is 0.315 e. The molecule has 0 unspecified atom stereocenters. The van der Waals surface area contributed by atoms with Crippen molar-refractivity contribution in [1.29, 1.82) is 0 Å². The number of pyridine rings is 1. The molecule has 0 amide bonds. The van der Waals surface area contributed by atoms with Crippen LogP contribution in [0.5, 0.6) is 0 Å². The monoisotopic (exact) mass is 228 g/mol. The second-order valence-electron chi connectivity index (χ2n) is 4.49. The molecule has 1 aromatic carbocycles. The molecule has 86 valence electrons. The van der Waals surface area contributed by atoms with Crippen molar-refractivity contribution in [3.8, 4) is 0 Å². The Hall–Kier alpha value is -2.10. The normalized spacial score (nSPS) is 16.9. The molecule has 3 N–H and O–H groups in total. The molecule has 0 spiro atoms. The highest BCUT2D eigenvalue weighted by Crippen LogP contribution is 2.49. The average Bonchev–Trinajstić information content (AvgIpc) is 3.10. The second kappa shape index (κ2) is 3.20. The summed E-state index contributed by atoms with van der Waals surface area (Å²) in [5.74, 6) is -0.792. The van der Waals surface area contributed by atoms with Crippen molar-refractivity contribution in [3.05, 3.63) is 36.2 Å². The van der Waals surface area contributed by atoms with E-state index in [1.54, 1.807) is 6.20 Å². The summed E-state index contributed by atoms with van der Waals surface area (Å²) in [5, 5.41) is 11.0. The third kappa shape index (κ3) is 1.30. The summed E-state index contributed by atoms with van der Waals surface area (Å²) in [7, 11) is 0. The van der Waals surface area contributed by atoms with Gasteiger partial charge in [0.2, 0.25) is 0 Å². The number of hydrogen-bond acceptors (Lipinski definition) is 3. The van der Waals surface area contributed by atoms with Gasteiger partial charge in [-0.15, -0.1) is 0 Å². The third-order valence-corrected chi connectivity index (χ3v) is 3.45. The molecule has 1 aliphatic rings. The van der Waals surface area contributed by atoms with Crippen LogP contribution >= 0.6 is 0 Å². The van der Waals surface area contributed by atoms with Gasteiger partial charge < -0.3 is 10.8 Å². The molecular formula is C13H12N2O2. The van der Waals surface area contributed by atoms with Crippen LogP contribution < -0.4 is 5.73 Å². The van der Waals surface area contributed by atoms with Gasteiger partial charge in [0.15, 0.2) is 0 Å². The number of carbonyl (C=O) groups is 1. The van der Waals surface area contributed by atoms with Gasteiger partial charge in [-0.05, 0) is 25.0 Å². The van der Waals surface area contributed by atoms with E-state index < -0.39 is 11.4 Å². The number of nitrogen functional groups attached to an aromatic ring is 1. The molecular weight excluding hydrogens is 216 g/mol. The number of benzene rings is 1. The Kier molecular flexibility index (Phi) is 1.90. The number of rotatable bonds is 2. The zero-order valence-corrected chi connectivity index (χ0v) is 9.18. The molecule has 17 heavy (non-hydrogen) atoms. The van der Waals surface area contributed by atoms with Crippen LogP contribution in [0.3, 0.4) is 0 Å². The standard InChI is InChI=1S/C13H12N2O2/c14-10-3-1-2-9-8(10)4-7-15-11(9)13(5-6-13)12(16)17/h1-4,7H,5-6,14H2,(H,16,17). The minimum Gasteiger partial charge on any atom is -0.481 e. The lowest BCUT2D eigenvalue weighted by atomic mass is 9.96. The first-order valence-corrected chi connectivity index (χ1v) is 5.52. The van der Waals surface area contributed by atoms with Crippen LogP contribution in [0, 0.1) is 0 Å². The highest BCUT2D eigenvalue weighted by molar-refractivity contribution is 5.98. The van der Waals surface area contributed by atoms with Gasteiger partial charge in [0.1, 0.15) is 5.41 Å². The van der Waals surface area contributed by atoms with Crippen LogP contribution in [0.2, 0.25) is 0 Å². The van der Waals surface area contributed by atoms with Crippen LogP contribution in [-0.4, -0.2) is 16.1 Å². The fourth-order valence-electron chi connectivity index (χ4n) is 2.29. The second-order valence-corrected chi connectivity index (χ2v) is 4.49. The number of aliphatic carboxylic acids is 1. The summed E-state index contributed by atoms with van der Waals surface area (Å²) in [6, 6.07) is 7.36. The van der Waals surface area contributed by atoms with E-state index in [-0.39, 0.29) is 0 Å². The van der Waals surface area contributed by atoms with Crippen LogP contribution in [0.1, 0.15) is 18.5 Å². The van der Waals surface area contributed by atoms with E-state index in [2.05, 4.69) is 4.98 Å². The first-order valence-electron chi connectivity index (χ1n) is 5.52. The van der Waals surface area contributed by atoms with Gasteiger partial charge in [-0.2, -0.15) is 0 Å². The average molecular weight is 228 g/mol. The number of aromatic nitrogens is 1. The lowest BCUT2D eigenvalue weighted by Crippen LogP contribution is -2.21. The predicted molar refractivity (Wildman–Crippen MR) is 64.7 cm³/mol. The lowest BCUT2D eigenvalue weighted by molar-refractivity contribution is -0.140. The van der Waals surface area contributed by atoms with E-state index in [1.807, 2.05) is 24.3 Å². The molecule has 1 fully saturated rings. The van der Waals surface area contributed by atoms with Crippen LogP contribution in [0.15, 0.2) is 30.5 Å². The Morgan fingerprint density at radius 3 is 2.71 bits per heavy atom. The molecule has 0 saturated heterocycles. The first-order chi connectivity index (χ1) is 8.15. The number of fused-ring (bicyclic) bond motifs is 1. The van der Waals surface area contributed by atoms with Crippen LogP contribution in [0.25, 0.3) is 10.8 Å². The van der Waals surface area contributed by atoms with Crippen LogP contribution in [0.4, 0.5) is 5.69 Å². The highest BCUT2D eigenvalue weighted by Gasteiger charge is 2.53. The van der Waals surface area contributed by atoms with Crippen LogP contribution in [-0.2, 0) is 10.2 Å². The molecule has 3 rings (SSSR count). The molecule has 0 aliphatic heterocycles. The Morgan fingerprint density at radius 2 is 2.06 bits per heavy atom. The Bertz CT molecular complexity index is 618. The fraction of sp³-hybridized carbons (Fsp3) is 0.231. The number of carboxylic acids is 1. The number of carboxylic acid groups (broad SMARTS) is 1. The van der Waals surface area contributed by atoms with Gasteiger partial charge in [0.25, 0.3) is 0 Å². The van der Waals surface area contributed by atoms with Gasteiger partial charge in [-0.3, -0.25) is 9.78 Å². The molecule has 1 aliphatic carbocycles. The number of nitrogens with zero attached hydrogens (tertiary/aromatic N) is 1. The van der Waals surface area contributed by atoms with Gasteiger partial charge in [-0.1, -0.05) is 12.1 Å². The van der Waals surface area contributed by atoms with E-state index in [0.29, 0.717) is 24.2 Å². The summed E-state index contributed by atoms with van der Waals surface area (Å²) in [5.41, 5.74) is 6.41. The maximum Gasteiger partial charge on any atom is 0.315 e. The Morgan fingerprint density at radius 1 is 1.29 bits per heavy atom. The molecule has 1 aromatic heterocycles. The molecule has 2 aromatic rings. The molecule has 4 heteroatoms. The largest absolute Gasteiger partial charge is 0.481 e. The predicted octanol–water partition coefficient (Wildman–Crippen LogP) is 1.93. The molecule has 0 radical (unpaired) electrons. The van der Waals surface area contributed by atoms with E-state index in [9.17, 15) is 9.90 Å². The lowest BCUT2D eigenvalue weighted by Gasteiger charge is -2.12. The maximum atomic E-state index is 11.3. The SMILES string of the molecule is Nc1cccc2c(C3(C(=O)O)CC3)nccc12. The third-order valence-electron chi connectivity index (χ3n) is 3.45. The number of anilines is 1. The van der Waals surface area contributed by atoms with Gasteiger partial charge in [0, 0.05) is 22.7 Å². The zero-order valence-electron chi connectivity index (χ0n) is 9.18. The summed E-state index contributed by atoms with van der Waals surface area (Å²) in [6.07, 6.45) is 2.95. The van der Waals surface area contributed by atoms with Crippen molar-refractivity contribution >= 4 is 22.4 Å². The topological polar surface area (TPSA) is 76.2 Å². The van der Waals surface area contributed by atoms with Crippen molar-refractivity contribution in [1.82, 2.24) is 4.98 Å². The van der Waals surface area contributed by atoms with Crippen molar-refractivity contribution in [2.75, 3.05) is 5.73 Å². The van der Waals surface area contributed by atoms with Gasteiger partial charge in [0.05, 0.1) is 5.69 Å². The highest BCUT2D eigenvalue weighted by atomic mass is 16.4. The summed E-state index contributed by atoms with van der Waals surface area (Å²) in [6.45, 7) is 0. The first kappa shape index (κ1) is 10.1. The Labute approximate surface area is 98.1 Å². The molecule has 0 atom stereocenters. The van der Waals surface area contributed by atoms with Crippen molar-refractivity contribution < 1.29 is 9.90 Å². The van der Waals surface area contributed by atoms with Crippen molar-refractivity contribution in [2.45, 2.75) is 18.3 Å². The number of hydrogen-bond donors (Lipinski definition) is 2. The van der Waals surface area contributed by atoms with Gasteiger partial charge in [-0.25, -0.2) is 0 Å². The summed E-state index contributed by atoms with van der Waals surface area (Å²) < 4.78 is 0. The maximum absolute atomic E-state index is 11.3. The quantitative estimate of drug-likeness (QED) is 0.770. The zero-order chi connectivity index (χ0) is 12.0. The molecule has 0 bridgehead atoms. The summed E-state index contributed by atoms with van der Waals surface area (Å²) in [4.78, 5) is 15.6.